The molecule has 6 nitrogen and oxygen atoms in total. The summed E-state index contributed by atoms with van der Waals surface area (Å²) in [6.45, 7) is 2.84. The number of ether oxygens (including phenoxy) is 1. The summed E-state index contributed by atoms with van der Waals surface area (Å²) in [6, 6.07) is 18.0. The van der Waals surface area contributed by atoms with E-state index in [1.807, 2.05) is 67.0 Å². The molecule has 0 aliphatic heterocycles. The third-order valence-corrected chi connectivity index (χ3v) is 4.04. The maximum atomic E-state index is 5.78. The number of aromatic nitrogens is 2. The quantitative estimate of drug-likeness (QED) is 0.477. The number of benzene rings is 1. The van der Waals surface area contributed by atoms with E-state index in [9.17, 15) is 0 Å². The molecule has 0 bridgehead atoms. The van der Waals surface area contributed by atoms with Crippen molar-refractivity contribution in [1.29, 1.82) is 0 Å². The SMILES string of the molecule is CN=C(NCCn1cccc1)NCc1ccnc(OCc2ccccc2)c1. The Kier molecular flexibility index (Phi) is 6.86. The third kappa shape index (κ3) is 6.18. The van der Waals surface area contributed by atoms with Gasteiger partial charge < -0.3 is 19.9 Å². The van der Waals surface area contributed by atoms with Crippen LogP contribution in [0.15, 0.2) is 78.2 Å². The highest BCUT2D eigenvalue weighted by molar-refractivity contribution is 5.79. The molecule has 0 aliphatic carbocycles. The van der Waals surface area contributed by atoms with Gasteiger partial charge in [-0.25, -0.2) is 4.98 Å². The Morgan fingerprint density at radius 2 is 1.85 bits per heavy atom. The highest BCUT2D eigenvalue weighted by Gasteiger charge is 2.02. The van der Waals surface area contributed by atoms with Crippen LogP contribution in [-0.2, 0) is 19.7 Å². The van der Waals surface area contributed by atoms with Gasteiger partial charge >= 0.3 is 0 Å². The first kappa shape index (κ1) is 18.5. The van der Waals surface area contributed by atoms with Crippen molar-refractivity contribution in [3.63, 3.8) is 0 Å². The summed E-state index contributed by atoms with van der Waals surface area (Å²) in [5.74, 6) is 1.39. The summed E-state index contributed by atoms with van der Waals surface area (Å²) in [4.78, 5) is 8.54. The number of rotatable bonds is 8. The second-order valence-electron chi connectivity index (χ2n) is 6.05. The van der Waals surface area contributed by atoms with Crippen LogP contribution in [0.25, 0.3) is 0 Å². The lowest BCUT2D eigenvalue weighted by molar-refractivity contribution is 0.293. The molecular formula is C21H25N5O. The lowest BCUT2D eigenvalue weighted by Gasteiger charge is -2.13. The van der Waals surface area contributed by atoms with Crippen molar-refractivity contribution in [1.82, 2.24) is 20.2 Å². The topological polar surface area (TPSA) is 63.5 Å². The lowest BCUT2D eigenvalue weighted by Crippen LogP contribution is -2.38. The number of aliphatic imine (C=N–C) groups is 1. The number of pyridine rings is 1. The van der Waals surface area contributed by atoms with Gasteiger partial charge in [0.05, 0.1) is 0 Å². The van der Waals surface area contributed by atoms with E-state index in [0.717, 1.165) is 30.2 Å². The maximum absolute atomic E-state index is 5.78. The molecule has 0 saturated heterocycles. The summed E-state index contributed by atoms with van der Waals surface area (Å²) < 4.78 is 7.91. The fourth-order valence-electron chi connectivity index (χ4n) is 2.60. The number of hydrogen-bond donors (Lipinski definition) is 2. The van der Waals surface area contributed by atoms with E-state index in [-0.39, 0.29) is 0 Å². The Labute approximate surface area is 159 Å². The van der Waals surface area contributed by atoms with Crippen LogP contribution in [0.5, 0.6) is 5.88 Å². The van der Waals surface area contributed by atoms with Gasteiger partial charge in [0.2, 0.25) is 5.88 Å². The Hall–Kier alpha value is -3.28. The van der Waals surface area contributed by atoms with Crippen molar-refractivity contribution in [2.75, 3.05) is 13.6 Å². The van der Waals surface area contributed by atoms with Crippen LogP contribution in [0.2, 0.25) is 0 Å². The number of nitrogens with zero attached hydrogens (tertiary/aromatic N) is 3. The van der Waals surface area contributed by atoms with Gasteiger partial charge in [-0.3, -0.25) is 4.99 Å². The van der Waals surface area contributed by atoms with Crippen LogP contribution in [0.3, 0.4) is 0 Å². The van der Waals surface area contributed by atoms with E-state index in [1.54, 1.807) is 13.2 Å². The van der Waals surface area contributed by atoms with E-state index in [2.05, 4.69) is 25.2 Å². The van der Waals surface area contributed by atoms with Crippen LogP contribution >= 0.6 is 0 Å². The number of nitrogens with one attached hydrogen (secondary N) is 2. The van der Waals surface area contributed by atoms with Gasteiger partial charge in [0, 0.05) is 51.3 Å². The van der Waals surface area contributed by atoms with Crippen molar-refractivity contribution in [3.05, 3.63) is 84.3 Å². The second kappa shape index (κ2) is 10.0. The average Bonchev–Trinajstić information content (AvgIpc) is 3.23. The molecule has 2 N–H and O–H groups in total. The fraction of sp³-hybridized carbons (Fsp3) is 0.238. The van der Waals surface area contributed by atoms with E-state index >= 15 is 0 Å². The molecule has 2 aromatic heterocycles. The van der Waals surface area contributed by atoms with Gasteiger partial charge in [-0.2, -0.15) is 0 Å². The largest absolute Gasteiger partial charge is 0.473 e. The van der Waals surface area contributed by atoms with Gasteiger partial charge in [0.25, 0.3) is 0 Å². The van der Waals surface area contributed by atoms with Crippen LogP contribution in [0.1, 0.15) is 11.1 Å². The lowest BCUT2D eigenvalue weighted by atomic mass is 10.2. The van der Waals surface area contributed by atoms with Gasteiger partial charge in [-0.05, 0) is 29.3 Å². The summed E-state index contributed by atoms with van der Waals surface area (Å²) >= 11 is 0. The van der Waals surface area contributed by atoms with Crippen molar-refractivity contribution < 1.29 is 4.74 Å². The molecule has 0 atom stereocenters. The monoisotopic (exact) mass is 363 g/mol. The van der Waals surface area contributed by atoms with Crippen LogP contribution in [-0.4, -0.2) is 29.1 Å². The molecule has 0 radical (unpaired) electrons. The van der Waals surface area contributed by atoms with Crippen molar-refractivity contribution in [2.45, 2.75) is 19.7 Å². The summed E-state index contributed by atoms with van der Waals surface area (Å²) in [5.41, 5.74) is 2.21. The first-order chi connectivity index (χ1) is 13.3. The minimum Gasteiger partial charge on any atom is -0.473 e. The first-order valence-corrected chi connectivity index (χ1v) is 9.00. The second-order valence-corrected chi connectivity index (χ2v) is 6.05. The Balaban J connectivity index is 1.45. The minimum absolute atomic E-state index is 0.507. The van der Waals surface area contributed by atoms with Crippen LogP contribution in [0, 0.1) is 0 Å². The molecule has 0 spiro atoms. The molecule has 2 heterocycles. The Morgan fingerprint density at radius 1 is 1.04 bits per heavy atom. The highest BCUT2D eigenvalue weighted by Crippen LogP contribution is 2.11. The molecule has 0 aliphatic rings. The number of guanidine groups is 1. The molecule has 27 heavy (non-hydrogen) atoms. The van der Waals surface area contributed by atoms with E-state index in [1.165, 1.54) is 0 Å². The zero-order chi connectivity index (χ0) is 18.7. The van der Waals surface area contributed by atoms with E-state index in [4.69, 9.17) is 4.74 Å². The molecule has 140 valence electrons. The summed E-state index contributed by atoms with van der Waals surface area (Å²) in [5, 5.41) is 6.62. The van der Waals surface area contributed by atoms with Gasteiger partial charge in [-0.15, -0.1) is 0 Å². The number of hydrogen-bond acceptors (Lipinski definition) is 3. The predicted octanol–water partition coefficient (Wildman–Crippen LogP) is 2.83. The normalized spacial score (nSPS) is 11.2. The van der Waals surface area contributed by atoms with Crippen LogP contribution in [0.4, 0.5) is 0 Å². The smallest absolute Gasteiger partial charge is 0.213 e. The summed E-state index contributed by atoms with van der Waals surface area (Å²) in [7, 11) is 1.77. The molecule has 3 rings (SSSR count). The molecule has 0 saturated carbocycles. The van der Waals surface area contributed by atoms with Gasteiger partial charge in [-0.1, -0.05) is 30.3 Å². The Bertz CT molecular complexity index is 831. The third-order valence-electron chi connectivity index (χ3n) is 4.04. The molecule has 0 amide bonds. The van der Waals surface area contributed by atoms with Crippen molar-refractivity contribution >= 4 is 5.96 Å². The highest BCUT2D eigenvalue weighted by atomic mass is 16.5. The maximum Gasteiger partial charge on any atom is 0.213 e. The standard InChI is InChI=1S/C21H25N5O/c1-22-21(24-11-14-26-12-5-6-13-26)25-16-19-9-10-23-20(15-19)27-17-18-7-3-2-4-8-18/h2-10,12-13,15H,11,14,16-17H2,1H3,(H2,22,24,25). The first-order valence-electron chi connectivity index (χ1n) is 9.00. The fourth-order valence-corrected chi connectivity index (χ4v) is 2.60. The zero-order valence-corrected chi connectivity index (χ0v) is 15.5. The molecular weight excluding hydrogens is 338 g/mol. The molecule has 0 unspecified atom stereocenters. The van der Waals surface area contributed by atoms with Crippen molar-refractivity contribution in [2.24, 2.45) is 4.99 Å². The minimum atomic E-state index is 0.507. The van der Waals surface area contributed by atoms with E-state index in [0.29, 0.717) is 19.0 Å². The van der Waals surface area contributed by atoms with Gasteiger partial charge in [0.1, 0.15) is 6.61 Å². The molecule has 6 heteroatoms. The average molecular weight is 363 g/mol. The van der Waals surface area contributed by atoms with Crippen molar-refractivity contribution in [3.8, 4) is 5.88 Å². The summed E-state index contributed by atoms with van der Waals surface area (Å²) in [6.07, 6.45) is 5.86. The Morgan fingerprint density at radius 3 is 2.63 bits per heavy atom. The van der Waals surface area contributed by atoms with E-state index < -0.39 is 0 Å². The molecule has 0 fully saturated rings. The zero-order valence-electron chi connectivity index (χ0n) is 15.5. The van der Waals surface area contributed by atoms with Crippen LogP contribution < -0.4 is 15.4 Å². The molecule has 1 aromatic carbocycles. The predicted molar refractivity (Wildman–Crippen MR) is 108 cm³/mol. The molecule has 3 aromatic rings. The van der Waals surface area contributed by atoms with Gasteiger partial charge in [0.15, 0.2) is 5.96 Å².